The number of aromatic nitrogens is 1. The summed E-state index contributed by atoms with van der Waals surface area (Å²) in [6.07, 6.45) is 2.06. The molecule has 0 radical (unpaired) electrons. The Morgan fingerprint density at radius 1 is 1.24 bits per heavy atom. The lowest BCUT2D eigenvalue weighted by atomic mass is 10.1. The van der Waals surface area contributed by atoms with Gasteiger partial charge < -0.3 is 15.2 Å². The highest BCUT2D eigenvalue weighted by atomic mass is 16.1. The second-order valence-electron chi connectivity index (χ2n) is 6.28. The van der Waals surface area contributed by atoms with Crippen LogP contribution in [-0.2, 0) is 0 Å². The Bertz CT molecular complexity index is 666. The number of hydrogen-bond acceptors (Lipinski definition) is 2. The normalized spacial score (nSPS) is 17.3. The van der Waals surface area contributed by atoms with Gasteiger partial charge in [0.15, 0.2) is 0 Å². The molecule has 1 aliphatic heterocycles. The summed E-state index contributed by atoms with van der Waals surface area (Å²) in [5.74, 6) is 0.0119. The quantitative estimate of drug-likeness (QED) is 0.891. The molecule has 112 valence electrons. The molecule has 1 aromatic heterocycles. The summed E-state index contributed by atoms with van der Waals surface area (Å²) in [5.41, 5.74) is 4.13. The molecule has 4 heteroatoms. The van der Waals surface area contributed by atoms with Gasteiger partial charge in [-0.1, -0.05) is 6.07 Å². The predicted octanol–water partition coefficient (Wildman–Crippen LogP) is 2.61. The Morgan fingerprint density at radius 2 is 1.95 bits per heavy atom. The van der Waals surface area contributed by atoms with Crippen LogP contribution in [0.1, 0.15) is 34.5 Å². The Hall–Kier alpha value is -1.81. The van der Waals surface area contributed by atoms with Gasteiger partial charge in [0, 0.05) is 16.9 Å². The molecule has 2 aromatic rings. The Kier molecular flexibility index (Phi) is 3.72. The van der Waals surface area contributed by atoms with E-state index in [0.717, 1.165) is 36.8 Å². The molecule has 0 aliphatic carbocycles. The van der Waals surface area contributed by atoms with Crippen molar-refractivity contribution in [2.45, 2.75) is 32.7 Å². The van der Waals surface area contributed by atoms with Crippen LogP contribution in [-0.4, -0.2) is 42.0 Å². The van der Waals surface area contributed by atoms with Crippen molar-refractivity contribution in [2.75, 3.05) is 20.1 Å². The number of likely N-dealkylation sites (tertiary alicyclic amines) is 1. The standard InChI is InChI=1S/C17H23N3O/c1-11-8-12(2)14-10-16(19-15(14)9-11)17(21)18-13-4-6-20(3)7-5-13/h8-10,13,19H,4-7H2,1-3H3,(H,18,21). The first kappa shape index (κ1) is 14.1. The maximum absolute atomic E-state index is 12.4. The number of nitrogens with zero attached hydrogens (tertiary/aromatic N) is 1. The van der Waals surface area contributed by atoms with Gasteiger partial charge in [0.2, 0.25) is 0 Å². The molecule has 4 nitrogen and oxygen atoms in total. The molecule has 1 aliphatic rings. The number of carbonyl (C=O) groups excluding carboxylic acids is 1. The van der Waals surface area contributed by atoms with Crippen LogP contribution in [0.25, 0.3) is 10.9 Å². The first-order valence-corrected chi connectivity index (χ1v) is 7.62. The fourth-order valence-corrected chi connectivity index (χ4v) is 3.14. The average Bonchev–Trinajstić information content (AvgIpc) is 2.85. The minimum absolute atomic E-state index is 0.0119. The number of hydrogen-bond donors (Lipinski definition) is 2. The summed E-state index contributed by atoms with van der Waals surface area (Å²) < 4.78 is 0. The Morgan fingerprint density at radius 3 is 2.67 bits per heavy atom. The molecule has 21 heavy (non-hydrogen) atoms. The number of amides is 1. The van der Waals surface area contributed by atoms with Gasteiger partial charge in [-0.15, -0.1) is 0 Å². The van der Waals surface area contributed by atoms with E-state index >= 15 is 0 Å². The lowest BCUT2D eigenvalue weighted by Gasteiger charge is -2.29. The zero-order chi connectivity index (χ0) is 15.0. The molecule has 3 rings (SSSR count). The van der Waals surface area contributed by atoms with E-state index in [1.54, 1.807) is 0 Å². The first-order chi connectivity index (χ1) is 10.0. The number of benzene rings is 1. The highest BCUT2D eigenvalue weighted by Crippen LogP contribution is 2.21. The van der Waals surface area contributed by atoms with Crippen LogP contribution in [0.5, 0.6) is 0 Å². The predicted molar refractivity (Wildman–Crippen MR) is 85.8 cm³/mol. The molecule has 0 bridgehead atoms. The van der Waals surface area contributed by atoms with Crippen molar-refractivity contribution < 1.29 is 4.79 Å². The van der Waals surface area contributed by atoms with Gasteiger partial charge in [-0.05, 0) is 70.1 Å². The second kappa shape index (κ2) is 5.53. The van der Waals surface area contributed by atoms with Crippen molar-refractivity contribution in [2.24, 2.45) is 0 Å². The summed E-state index contributed by atoms with van der Waals surface area (Å²) in [4.78, 5) is 18.0. The highest BCUT2D eigenvalue weighted by molar-refractivity contribution is 5.99. The summed E-state index contributed by atoms with van der Waals surface area (Å²) in [7, 11) is 2.13. The number of carbonyl (C=O) groups is 1. The number of fused-ring (bicyclic) bond motifs is 1. The zero-order valence-corrected chi connectivity index (χ0v) is 13.0. The SMILES string of the molecule is Cc1cc(C)c2cc(C(=O)NC3CCN(C)CC3)[nH]c2c1. The van der Waals surface area contributed by atoms with E-state index in [1.165, 1.54) is 11.1 Å². The number of H-pyrrole nitrogens is 1. The van der Waals surface area contributed by atoms with Gasteiger partial charge in [0.05, 0.1) is 0 Å². The Labute approximate surface area is 125 Å². The summed E-state index contributed by atoms with van der Waals surface area (Å²) in [5, 5.41) is 4.29. The largest absolute Gasteiger partial charge is 0.351 e. The van der Waals surface area contributed by atoms with E-state index in [9.17, 15) is 4.79 Å². The van der Waals surface area contributed by atoms with Crippen LogP contribution in [0.4, 0.5) is 0 Å². The Balaban J connectivity index is 1.77. The fraction of sp³-hybridized carbons (Fsp3) is 0.471. The van der Waals surface area contributed by atoms with E-state index < -0.39 is 0 Å². The van der Waals surface area contributed by atoms with E-state index in [4.69, 9.17) is 0 Å². The van der Waals surface area contributed by atoms with Crippen LogP contribution in [0.3, 0.4) is 0 Å². The minimum Gasteiger partial charge on any atom is -0.351 e. The van der Waals surface area contributed by atoms with Gasteiger partial charge in [0.25, 0.3) is 5.91 Å². The minimum atomic E-state index is 0.0119. The van der Waals surface area contributed by atoms with E-state index in [2.05, 4.69) is 48.2 Å². The van der Waals surface area contributed by atoms with Crippen molar-refractivity contribution in [1.29, 1.82) is 0 Å². The van der Waals surface area contributed by atoms with Crippen LogP contribution < -0.4 is 5.32 Å². The fourth-order valence-electron chi connectivity index (χ4n) is 3.14. The van der Waals surface area contributed by atoms with Gasteiger partial charge >= 0.3 is 0 Å². The highest BCUT2D eigenvalue weighted by Gasteiger charge is 2.20. The third-order valence-corrected chi connectivity index (χ3v) is 4.39. The lowest BCUT2D eigenvalue weighted by molar-refractivity contribution is 0.0912. The van der Waals surface area contributed by atoms with Crippen molar-refractivity contribution in [3.05, 3.63) is 35.0 Å². The number of nitrogens with one attached hydrogen (secondary N) is 2. The van der Waals surface area contributed by atoms with Crippen LogP contribution in [0.15, 0.2) is 18.2 Å². The van der Waals surface area contributed by atoms with Crippen molar-refractivity contribution in [1.82, 2.24) is 15.2 Å². The third kappa shape index (κ3) is 2.95. The van der Waals surface area contributed by atoms with E-state index in [-0.39, 0.29) is 5.91 Å². The zero-order valence-electron chi connectivity index (χ0n) is 13.0. The average molecular weight is 285 g/mol. The van der Waals surface area contributed by atoms with Crippen molar-refractivity contribution >= 4 is 16.8 Å². The molecule has 2 heterocycles. The molecule has 1 saturated heterocycles. The number of piperidine rings is 1. The molecular formula is C17H23N3O. The summed E-state index contributed by atoms with van der Waals surface area (Å²) in [6.45, 7) is 6.26. The molecule has 0 saturated carbocycles. The molecule has 1 fully saturated rings. The van der Waals surface area contributed by atoms with E-state index in [1.807, 2.05) is 6.07 Å². The van der Waals surface area contributed by atoms with Crippen LogP contribution in [0.2, 0.25) is 0 Å². The van der Waals surface area contributed by atoms with Crippen molar-refractivity contribution in [3.63, 3.8) is 0 Å². The van der Waals surface area contributed by atoms with Crippen molar-refractivity contribution in [3.8, 4) is 0 Å². The molecule has 1 aromatic carbocycles. The molecule has 0 unspecified atom stereocenters. The smallest absolute Gasteiger partial charge is 0.267 e. The molecule has 2 N–H and O–H groups in total. The maximum Gasteiger partial charge on any atom is 0.267 e. The third-order valence-electron chi connectivity index (χ3n) is 4.39. The van der Waals surface area contributed by atoms with Crippen LogP contribution >= 0.6 is 0 Å². The summed E-state index contributed by atoms with van der Waals surface area (Å²) in [6, 6.07) is 6.50. The van der Waals surface area contributed by atoms with Crippen LogP contribution in [0, 0.1) is 13.8 Å². The summed E-state index contributed by atoms with van der Waals surface area (Å²) >= 11 is 0. The first-order valence-electron chi connectivity index (χ1n) is 7.62. The monoisotopic (exact) mass is 285 g/mol. The van der Waals surface area contributed by atoms with Gasteiger partial charge in [-0.2, -0.15) is 0 Å². The maximum atomic E-state index is 12.4. The molecule has 1 amide bonds. The molecule has 0 atom stereocenters. The number of aromatic amines is 1. The second-order valence-corrected chi connectivity index (χ2v) is 6.28. The molecule has 0 spiro atoms. The number of rotatable bonds is 2. The van der Waals surface area contributed by atoms with Gasteiger partial charge in [0.1, 0.15) is 5.69 Å². The number of aryl methyl sites for hydroxylation is 2. The van der Waals surface area contributed by atoms with E-state index in [0.29, 0.717) is 11.7 Å². The topological polar surface area (TPSA) is 48.1 Å². The van der Waals surface area contributed by atoms with Gasteiger partial charge in [-0.25, -0.2) is 0 Å². The van der Waals surface area contributed by atoms with Gasteiger partial charge in [-0.3, -0.25) is 4.79 Å². The molecular weight excluding hydrogens is 262 g/mol. The lowest BCUT2D eigenvalue weighted by Crippen LogP contribution is -2.43.